The molecule has 0 aliphatic carbocycles. The van der Waals surface area contributed by atoms with Crippen LogP contribution < -0.4 is 19.5 Å². The fourth-order valence-corrected chi connectivity index (χ4v) is 2.43. The fourth-order valence-electron chi connectivity index (χ4n) is 2.43. The van der Waals surface area contributed by atoms with Crippen LogP contribution in [-0.2, 0) is 14.3 Å². The molecule has 0 fully saturated rings. The first-order valence-electron chi connectivity index (χ1n) is 8.56. The first kappa shape index (κ1) is 19.2. The van der Waals surface area contributed by atoms with Gasteiger partial charge in [-0.1, -0.05) is 0 Å². The molecular formula is C20H19NO7. The van der Waals surface area contributed by atoms with Crippen LogP contribution in [-0.4, -0.2) is 37.2 Å². The van der Waals surface area contributed by atoms with Crippen molar-refractivity contribution in [2.45, 2.75) is 20.0 Å². The molecule has 1 amide bonds. The SMILES string of the molecule is CC(=O)c1ccc(OCC(=O)O[C@H](C)C(=O)Nc2ccc3c(c2)OCO3)cc1. The molecule has 0 unspecified atom stereocenters. The van der Waals surface area contributed by atoms with Crippen LogP contribution in [0.1, 0.15) is 24.2 Å². The summed E-state index contributed by atoms with van der Waals surface area (Å²) in [4.78, 5) is 35.3. The zero-order valence-corrected chi connectivity index (χ0v) is 15.4. The maximum atomic E-state index is 12.2. The topological polar surface area (TPSA) is 100 Å². The van der Waals surface area contributed by atoms with Gasteiger partial charge in [-0.3, -0.25) is 9.59 Å². The first-order chi connectivity index (χ1) is 13.4. The average Bonchev–Trinajstić information content (AvgIpc) is 3.14. The highest BCUT2D eigenvalue weighted by Crippen LogP contribution is 2.34. The van der Waals surface area contributed by atoms with E-state index in [4.69, 9.17) is 18.9 Å². The third-order valence-corrected chi connectivity index (χ3v) is 3.94. The number of ketones is 1. The molecule has 0 spiro atoms. The monoisotopic (exact) mass is 385 g/mol. The molecule has 1 atom stereocenters. The number of nitrogens with one attached hydrogen (secondary N) is 1. The third-order valence-electron chi connectivity index (χ3n) is 3.94. The van der Waals surface area contributed by atoms with Gasteiger partial charge in [-0.15, -0.1) is 0 Å². The second-order valence-electron chi connectivity index (χ2n) is 6.06. The Labute approximate surface area is 161 Å². The van der Waals surface area contributed by atoms with Crippen molar-refractivity contribution >= 4 is 23.3 Å². The quantitative estimate of drug-likeness (QED) is 0.577. The van der Waals surface area contributed by atoms with Gasteiger partial charge in [0, 0.05) is 17.3 Å². The van der Waals surface area contributed by atoms with Gasteiger partial charge in [-0.25, -0.2) is 4.79 Å². The highest BCUT2D eigenvalue weighted by Gasteiger charge is 2.20. The van der Waals surface area contributed by atoms with Gasteiger partial charge in [0.1, 0.15) is 5.75 Å². The average molecular weight is 385 g/mol. The molecule has 3 rings (SSSR count). The minimum atomic E-state index is -1.01. The first-order valence-corrected chi connectivity index (χ1v) is 8.56. The normalized spacial score (nSPS) is 12.8. The molecule has 0 radical (unpaired) electrons. The summed E-state index contributed by atoms with van der Waals surface area (Å²) in [7, 11) is 0. The lowest BCUT2D eigenvalue weighted by Gasteiger charge is -2.14. The molecular weight excluding hydrogens is 366 g/mol. The summed E-state index contributed by atoms with van der Waals surface area (Å²) in [5.41, 5.74) is 1.04. The Morgan fingerprint density at radius 3 is 2.50 bits per heavy atom. The number of ether oxygens (including phenoxy) is 4. The highest BCUT2D eigenvalue weighted by atomic mass is 16.7. The van der Waals surface area contributed by atoms with Crippen LogP contribution in [0.25, 0.3) is 0 Å². The van der Waals surface area contributed by atoms with Gasteiger partial charge in [0.2, 0.25) is 6.79 Å². The maximum Gasteiger partial charge on any atom is 0.344 e. The van der Waals surface area contributed by atoms with Crippen LogP contribution in [0.15, 0.2) is 42.5 Å². The van der Waals surface area contributed by atoms with Gasteiger partial charge < -0.3 is 24.3 Å². The Morgan fingerprint density at radius 1 is 1.07 bits per heavy atom. The molecule has 2 aromatic rings. The van der Waals surface area contributed by atoms with Gasteiger partial charge in [-0.2, -0.15) is 0 Å². The summed E-state index contributed by atoms with van der Waals surface area (Å²) >= 11 is 0. The van der Waals surface area contributed by atoms with Crippen LogP contribution in [0, 0.1) is 0 Å². The van der Waals surface area contributed by atoms with Crippen molar-refractivity contribution in [1.82, 2.24) is 0 Å². The molecule has 1 aliphatic heterocycles. The highest BCUT2D eigenvalue weighted by molar-refractivity contribution is 5.95. The lowest BCUT2D eigenvalue weighted by Crippen LogP contribution is -2.31. The van der Waals surface area contributed by atoms with Crippen LogP contribution in [0.2, 0.25) is 0 Å². The summed E-state index contributed by atoms with van der Waals surface area (Å²) in [5.74, 6) is 0.312. The smallest absolute Gasteiger partial charge is 0.344 e. The van der Waals surface area contributed by atoms with E-state index < -0.39 is 18.0 Å². The molecule has 146 valence electrons. The molecule has 0 aromatic heterocycles. The number of benzene rings is 2. The molecule has 8 heteroatoms. The van der Waals surface area contributed by atoms with Crippen molar-refractivity contribution in [3.63, 3.8) is 0 Å². The Morgan fingerprint density at radius 2 is 1.79 bits per heavy atom. The molecule has 28 heavy (non-hydrogen) atoms. The third kappa shape index (κ3) is 4.79. The number of hydrogen-bond acceptors (Lipinski definition) is 7. The number of fused-ring (bicyclic) bond motifs is 1. The van der Waals surface area contributed by atoms with E-state index in [1.807, 2.05) is 0 Å². The van der Waals surface area contributed by atoms with Crippen molar-refractivity contribution in [3.05, 3.63) is 48.0 Å². The van der Waals surface area contributed by atoms with Crippen molar-refractivity contribution in [2.75, 3.05) is 18.7 Å². The largest absolute Gasteiger partial charge is 0.482 e. The summed E-state index contributed by atoms with van der Waals surface area (Å²) < 4.78 is 20.8. The van der Waals surface area contributed by atoms with E-state index in [9.17, 15) is 14.4 Å². The molecule has 8 nitrogen and oxygen atoms in total. The van der Waals surface area contributed by atoms with Crippen LogP contribution in [0.5, 0.6) is 17.2 Å². The Bertz CT molecular complexity index is 892. The summed E-state index contributed by atoms with van der Waals surface area (Å²) in [6.45, 7) is 2.70. The lowest BCUT2D eigenvalue weighted by molar-refractivity contribution is -0.155. The number of hydrogen-bond donors (Lipinski definition) is 1. The molecule has 2 aromatic carbocycles. The zero-order chi connectivity index (χ0) is 20.1. The molecule has 0 saturated heterocycles. The van der Waals surface area contributed by atoms with E-state index in [1.54, 1.807) is 42.5 Å². The standard InChI is InChI=1S/C20H19NO7/c1-12(22)14-3-6-16(7-4-14)25-10-19(23)28-13(2)20(24)21-15-5-8-17-18(9-15)27-11-26-17/h3-9,13H,10-11H2,1-2H3,(H,21,24)/t13-/m1/s1. The number of Topliss-reactive ketones (excluding diaryl/α,β-unsaturated/α-hetero) is 1. The van der Waals surface area contributed by atoms with Crippen LogP contribution in [0.4, 0.5) is 5.69 Å². The van der Waals surface area contributed by atoms with E-state index in [-0.39, 0.29) is 19.2 Å². The Hall–Kier alpha value is -3.55. The van der Waals surface area contributed by atoms with Gasteiger partial charge in [-0.05, 0) is 50.2 Å². The van der Waals surface area contributed by atoms with Crippen molar-refractivity contribution in [1.29, 1.82) is 0 Å². The Kier molecular flexibility index (Phi) is 5.78. The predicted octanol–water partition coefficient (Wildman–Crippen LogP) is 2.57. The summed E-state index contributed by atoms with van der Waals surface area (Å²) in [6.07, 6.45) is -1.01. The van der Waals surface area contributed by atoms with Crippen molar-refractivity contribution in [3.8, 4) is 17.2 Å². The number of rotatable bonds is 7. The van der Waals surface area contributed by atoms with E-state index in [0.29, 0.717) is 28.5 Å². The van der Waals surface area contributed by atoms with E-state index >= 15 is 0 Å². The van der Waals surface area contributed by atoms with E-state index in [0.717, 1.165) is 0 Å². The van der Waals surface area contributed by atoms with Crippen molar-refractivity contribution in [2.24, 2.45) is 0 Å². The van der Waals surface area contributed by atoms with Gasteiger partial charge in [0.05, 0.1) is 0 Å². The van der Waals surface area contributed by atoms with Gasteiger partial charge in [0.25, 0.3) is 5.91 Å². The second-order valence-corrected chi connectivity index (χ2v) is 6.06. The number of anilines is 1. The molecule has 1 aliphatic rings. The fraction of sp³-hybridized carbons (Fsp3) is 0.250. The molecule has 1 heterocycles. The molecule has 0 saturated carbocycles. The zero-order valence-electron chi connectivity index (χ0n) is 15.4. The lowest BCUT2D eigenvalue weighted by atomic mass is 10.1. The second kappa shape index (κ2) is 8.43. The number of carbonyl (C=O) groups is 3. The molecule has 0 bridgehead atoms. The Balaban J connectivity index is 1.46. The van der Waals surface area contributed by atoms with Crippen molar-refractivity contribution < 1.29 is 33.3 Å². The minimum absolute atomic E-state index is 0.0618. The van der Waals surface area contributed by atoms with Crippen LogP contribution in [0.3, 0.4) is 0 Å². The minimum Gasteiger partial charge on any atom is -0.482 e. The van der Waals surface area contributed by atoms with Crippen LogP contribution >= 0.6 is 0 Å². The van der Waals surface area contributed by atoms with E-state index in [2.05, 4.69) is 5.32 Å². The van der Waals surface area contributed by atoms with Gasteiger partial charge >= 0.3 is 5.97 Å². The maximum absolute atomic E-state index is 12.2. The number of amides is 1. The number of esters is 1. The van der Waals surface area contributed by atoms with Gasteiger partial charge in [0.15, 0.2) is 30.0 Å². The molecule has 1 N–H and O–H groups in total. The van der Waals surface area contributed by atoms with E-state index in [1.165, 1.54) is 13.8 Å². The summed E-state index contributed by atoms with van der Waals surface area (Å²) in [6, 6.07) is 11.3. The summed E-state index contributed by atoms with van der Waals surface area (Å²) in [5, 5.41) is 2.64. The predicted molar refractivity (Wildman–Crippen MR) is 98.7 cm³/mol. The number of carbonyl (C=O) groups excluding carboxylic acids is 3.